The molecule has 0 aliphatic rings. The average molecular weight is 269 g/mol. The summed E-state index contributed by atoms with van der Waals surface area (Å²) in [4.78, 5) is 0. The Labute approximate surface area is 114 Å². The van der Waals surface area contributed by atoms with Crippen molar-refractivity contribution in [3.63, 3.8) is 0 Å². The molecule has 3 nitrogen and oxygen atoms in total. The van der Waals surface area contributed by atoms with E-state index in [4.69, 9.17) is 4.74 Å². The quantitative estimate of drug-likeness (QED) is 0.677. The van der Waals surface area contributed by atoms with E-state index in [1.165, 1.54) is 6.07 Å². The van der Waals surface area contributed by atoms with Gasteiger partial charge in [0, 0.05) is 5.54 Å². The summed E-state index contributed by atoms with van der Waals surface area (Å²) in [5.74, 6) is -0.0190. The zero-order valence-corrected chi connectivity index (χ0v) is 11.8. The fourth-order valence-corrected chi connectivity index (χ4v) is 2.01. The highest BCUT2D eigenvalue weighted by atomic mass is 19.1. The van der Waals surface area contributed by atoms with Gasteiger partial charge in [0.2, 0.25) is 0 Å². The first kappa shape index (κ1) is 15.9. The van der Waals surface area contributed by atoms with Gasteiger partial charge in [-0.25, -0.2) is 4.39 Å². The Kier molecular flexibility index (Phi) is 6.81. The normalized spacial score (nSPS) is 14.1. The molecule has 0 radical (unpaired) electrons. The van der Waals surface area contributed by atoms with Crippen molar-refractivity contribution in [2.24, 2.45) is 0 Å². The molecule has 0 aliphatic heterocycles. The molecule has 0 amide bonds. The van der Waals surface area contributed by atoms with E-state index in [0.717, 1.165) is 25.8 Å². The molecular formula is C15H24FNO2. The van der Waals surface area contributed by atoms with Crippen LogP contribution in [0.15, 0.2) is 24.3 Å². The molecule has 2 N–H and O–H groups in total. The molecule has 4 heteroatoms. The minimum Gasteiger partial charge on any atom is -0.491 e. The largest absolute Gasteiger partial charge is 0.491 e. The third kappa shape index (κ3) is 5.57. The lowest BCUT2D eigenvalue weighted by Crippen LogP contribution is -2.45. The monoisotopic (exact) mass is 269 g/mol. The molecule has 0 bridgehead atoms. The van der Waals surface area contributed by atoms with E-state index in [2.05, 4.69) is 5.32 Å². The van der Waals surface area contributed by atoms with Crippen molar-refractivity contribution in [1.29, 1.82) is 0 Å². The topological polar surface area (TPSA) is 41.5 Å². The number of aliphatic hydroxyl groups is 1. The molecule has 1 atom stereocenters. The summed E-state index contributed by atoms with van der Waals surface area (Å²) in [5, 5.41) is 12.6. The van der Waals surface area contributed by atoms with Gasteiger partial charge in [-0.15, -0.1) is 0 Å². The number of nitrogens with one attached hydrogen (secondary N) is 1. The molecule has 1 aromatic carbocycles. The van der Waals surface area contributed by atoms with Crippen molar-refractivity contribution in [3.8, 4) is 5.75 Å². The minimum atomic E-state index is -0.324. The molecule has 0 heterocycles. The van der Waals surface area contributed by atoms with Gasteiger partial charge in [-0.3, -0.25) is 0 Å². The Morgan fingerprint density at radius 3 is 2.68 bits per heavy atom. The SMILES string of the molecule is CCNC(C)(CO)CCCCOc1ccccc1F. The average Bonchev–Trinajstić information content (AvgIpc) is 2.41. The van der Waals surface area contributed by atoms with Crippen molar-refractivity contribution in [2.75, 3.05) is 19.8 Å². The van der Waals surface area contributed by atoms with Crippen molar-refractivity contribution in [3.05, 3.63) is 30.1 Å². The first-order valence-corrected chi connectivity index (χ1v) is 6.84. The predicted octanol–water partition coefficient (Wildman–Crippen LogP) is 2.74. The molecule has 108 valence electrons. The second-order valence-electron chi connectivity index (χ2n) is 4.99. The van der Waals surface area contributed by atoms with E-state index in [1.807, 2.05) is 13.8 Å². The highest BCUT2D eigenvalue weighted by Crippen LogP contribution is 2.17. The fraction of sp³-hybridized carbons (Fsp3) is 0.600. The molecule has 0 fully saturated rings. The predicted molar refractivity (Wildman–Crippen MR) is 74.9 cm³/mol. The van der Waals surface area contributed by atoms with Gasteiger partial charge in [0.1, 0.15) is 0 Å². The lowest BCUT2D eigenvalue weighted by Gasteiger charge is -2.28. The van der Waals surface area contributed by atoms with E-state index in [-0.39, 0.29) is 18.0 Å². The van der Waals surface area contributed by atoms with Crippen LogP contribution in [0.3, 0.4) is 0 Å². The maximum atomic E-state index is 13.3. The third-order valence-electron chi connectivity index (χ3n) is 3.17. The molecule has 19 heavy (non-hydrogen) atoms. The zero-order chi connectivity index (χ0) is 14.1. The molecule has 0 saturated heterocycles. The van der Waals surface area contributed by atoms with Crippen LogP contribution >= 0.6 is 0 Å². The molecule has 0 aliphatic carbocycles. The number of hydrogen-bond donors (Lipinski definition) is 2. The van der Waals surface area contributed by atoms with Crippen LogP contribution in [0.5, 0.6) is 5.75 Å². The standard InChI is InChI=1S/C15H24FNO2/c1-3-17-15(2,12-18)10-6-7-11-19-14-9-5-4-8-13(14)16/h4-5,8-9,17-18H,3,6-7,10-12H2,1-2H3. The van der Waals surface area contributed by atoms with E-state index in [0.29, 0.717) is 12.4 Å². The Morgan fingerprint density at radius 2 is 2.05 bits per heavy atom. The van der Waals surface area contributed by atoms with E-state index in [9.17, 15) is 9.50 Å². The number of unbranched alkanes of at least 4 members (excludes halogenated alkanes) is 1. The second kappa shape index (κ2) is 8.12. The van der Waals surface area contributed by atoms with Crippen LogP contribution in [-0.4, -0.2) is 30.4 Å². The van der Waals surface area contributed by atoms with Crippen molar-refractivity contribution < 1.29 is 14.2 Å². The third-order valence-corrected chi connectivity index (χ3v) is 3.17. The van der Waals surface area contributed by atoms with Crippen LogP contribution in [0.4, 0.5) is 4.39 Å². The van der Waals surface area contributed by atoms with Gasteiger partial charge in [0.25, 0.3) is 0 Å². The van der Waals surface area contributed by atoms with Crippen LogP contribution in [0.1, 0.15) is 33.1 Å². The van der Waals surface area contributed by atoms with Gasteiger partial charge in [-0.05, 0) is 44.9 Å². The number of halogens is 1. The Bertz CT molecular complexity index is 373. The lowest BCUT2D eigenvalue weighted by molar-refractivity contribution is 0.162. The van der Waals surface area contributed by atoms with Gasteiger partial charge in [-0.1, -0.05) is 19.1 Å². The second-order valence-corrected chi connectivity index (χ2v) is 4.99. The summed E-state index contributed by atoms with van der Waals surface area (Å²) >= 11 is 0. The molecular weight excluding hydrogens is 245 g/mol. The first-order chi connectivity index (χ1) is 9.11. The number of aliphatic hydroxyl groups excluding tert-OH is 1. The summed E-state index contributed by atoms with van der Waals surface area (Å²) in [7, 11) is 0. The van der Waals surface area contributed by atoms with Crippen molar-refractivity contribution in [2.45, 2.75) is 38.6 Å². The van der Waals surface area contributed by atoms with Gasteiger partial charge < -0.3 is 15.2 Å². The smallest absolute Gasteiger partial charge is 0.165 e. The highest BCUT2D eigenvalue weighted by molar-refractivity contribution is 5.23. The summed E-state index contributed by atoms with van der Waals surface area (Å²) in [6, 6.07) is 6.42. The maximum Gasteiger partial charge on any atom is 0.165 e. The zero-order valence-electron chi connectivity index (χ0n) is 11.8. The number of ether oxygens (including phenoxy) is 1. The van der Waals surface area contributed by atoms with E-state index < -0.39 is 0 Å². The van der Waals surface area contributed by atoms with Crippen LogP contribution in [0.2, 0.25) is 0 Å². The molecule has 1 rings (SSSR count). The Balaban J connectivity index is 2.23. The number of likely N-dealkylation sites (N-methyl/N-ethyl adjacent to an activating group) is 1. The van der Waals surface area contributed by atoms with E-state index >= 15 is 0 Å². The highest BCUT2D eigenvalue weighted by Gasteiger charge is 2.20. The lowest BCUT2D eigenvalue weighted by atomic mass is 9.96. The molecule has 0 aromatic heterocycles. The van der Waals surface area contributed by atoms with Gasteiger partial charge in [-0.2, -0.15) is 0 Å². The van der Waals surface area contributed by atoms with Crippen LogP contribution in [0, 0.1) is 5.82 Å². The maximum absolute atomic E-state index is 13.3. The Hall–Kier alpha value is -1.13. The molecule has 0 saturated carbocycles. The van der Waals surface area contributed by atoms with E-state index in [1.54, 1.807) is 18.2 Å². The van der Waals surface area contributed by atoms with Crippen LogP contribution in [-0.2, 0) is 0 Å². The molecule has 1 unspecified atom stereocenters. The van der Waals surface area contributed by atoms with Crippen LogP contribution in [0.25, 0.3) is 0 Å². The fourth-order valence-electron chi connectivity index (χ4n) is 2.01. The summed E-state index contributed by atoms with van der Waals surface area (Å²) in [5.41, 5.74) is -0.229. The van der Waals surface area contributed by atoms with Crippen LogP contribution < -0.4 is 10.1 Å². The Morgan fingerprint density at radius 1 is 1.32 bits per heavy atom. The minimum absolute atomic E-state index is 0.120. The molecule has 0 spiro atoms. The summed E-state index contributed by atoms with van der Waals surface area (Å²) < 4.78 is 18.7. The van der Waals surface area contributed by atoms with Crippen molar-refractivity contribution in [1.82, 2.24) is 5.32 Å². The summed E-state index contributed by atoms with van der Waals surface area (Å²) in [6.07, 6.45) is 2.64. The number of para-hydroxylation sites is 1. The van der Waals surface area contributed by atoms with Crippen molar-refractivity contribution >= 4 is 0 Å². The molecule has 1 aromatic rings. The van der Waals surface area contributed by atoms with Gasteiger partial charge in [0.15, 0.2) is 11.6 Å². The number of hydrogen-bond acceptors (Lipinski definition) is 3. The van der Waals surface area contributed by atoms with Gasteiger partial charge >= 0.3 is 0 Å². The first-order valence-electron chi connectivity index (χ1n) is 6.84. The summed E-state index contributed by atoms with van der Waals surface area (Å²) in [6.45, 7) is 5.48. The number of benzene rings is 1. The van der Waals surface area contributed by atoms with Gasteiger partial charge in [0.05, 0.1) is 13.2 Å². The number of rotatable bonds is 9.